The van der Waals surface area contributed by atoms with E-state index in [2.05, 4.69) is 0 Å². The maximum atomic E-state index is 12.7. The van der Waals surface area contributed by atoms with E-state index in [1.807, 2.05) is 4.90 Å². The van der Waals surface area contributed by atoms with Crippen LogP contribution in [0.2, 0.25) is 0 Å². The molecule has 3 rings (SSSR count). The molecule has 27 heavy (non-hydrogen) atoms. The van der Waals surface area contributed by atoms with E-state index >= 15 is 0 Å². The van der Waals surface area contributed by atoms with Gasteiger partial charge in [-0.1, -0.05) is 18.2 Å². The van der Waals surface area contributed by atoms with E-state index in [1.165, 1.54) is 12.1 Å². The molecule has 1 saturated heterocycles. The van der Waals surface area contributed by atoms with Crippen molar-refractivity contribution in [2.75, 3.05) is 31.1 Å². The Kier molecular flexibility index (Phi) is 5.02. The number of aryl methyl sites for hydroxylation is 1. The Morgan fingerprint density at radius 1 is 0.926 bits per heavy atom. The number of rotatable bonds is 4. The summed E-state index contributed by atoms with van der Waals surface area (Å²) in [5, 5.41) is 22.3. The Morgan fingerprint density at radius 3 is 2.19 bits per heavy atom. The van der Waals surface area contributed by atoms with E-state index in [0.717, 1.165) is 0 Å². The number of nitrogens with zero attached hydrogens (tertiary/aromatic N) is 4. The van der Waals surface area contributed by atoms with Crippen molar-refractivity contribution in [1.82, 2.24) is 4.90 Å². The molecule has 0 aliphatic carbocycles. The summed E-state index contributed by atoms with van der Waals surface area (Å²) in [4.78, 5) is 37.5. The number of benzene rings is 2. The lowest BCUT2D eigenvalue weighted by molar-refractivity contribution is -0.385. The van der Waals surface area contributed by atoms with Crippen LogP contribution in [0.3, 0.4) is 0 Å². The van der Waals surface area contributed by atoms with Crippen LogP contribution in [-0.4, -0.2) is 46.8 Å². The zero-order chi connectivity index (χ0) is 19.6. The van der Waals surface area contributed by atoms with Crippen molar-refractivity contribution < 1.29 is 14.6 Å². The fourth-order valence-electron chi connectivity index (χ4n) is 3.16. The molecule has 0 unspecified atom stereocenters. The van der Waals surface area contributed by atoms with Gasteiger partial charge < -0.3 is 9.80 Å². The molecule has 9 nitrogen and oxygen atoms in total. The maximum absolute atomic E-state index is 12.7. The fraction of sp³-hybridized carbons (Fsp3) is 0.278. The molecule has 9 heteroatoms. The summed E-state index contributed by atoms with van der Waals surface area (Å²) in [5.74, 6) is -0.277. The molecule has 0 saturated carbocycles. The topological polar surface area (TPSA) is 110 Å². The summed E-state index contributed by atoms with van der Waals surface area (Å²) in [6, 6.07) is 11.0. The van der Waals surface area contributed by atoms with Crippen molar-refractivity contribution in [1.29, 1.82) is 0 Å². The minimum Gasteiger partial charge on any atom is -0.362 e. The lowest BCUT2D eigenvalue weighted by atomic mass is 10.1. The van der Waals surface area contributed by atoms with Crippen molar-refractivity contribution in [2.24, 2.45) is 0 Å². The summed E-state index contributed by atoms with van der Waals surface area (Å²) in [6.45, 7) is 3.28. The lowest BCUT2D eigenvalue weighted by Gasteiger charge is -2.35. The Hall–Kier alpha value is -3.49. The van der Waals surface area contributed by atoms with Crippen LogP contribution in [0.25, 0.3) is 0 Å². The molecule has 1 fully saturated rings. The Bertz CT molecular complexity index is 906. The Labute approximate surface area is 155 Å². The van der Waals surface area contributed by atoms with Gasteiger partial charge in [-0.2, -0.15) is 0 Å². The molecule has 2 aromatic rings. The van der Waals surface area contributed by atoms with Crippen LogP contribution in [0.5, 0.6) is 0 Å². The minimum absolute atomic E-state index is 0.0337. The third kappa shape index (κ3) is 3.71. The molecule has 0 N–H and O–H groups in total. The Morgan fingerprint density at radius 2 is 1.56 bits per heavy atom. The van der Waals surface area contributed by atoms with Crippen molar-refractivity contribution in [3.05, 3.63) is 73.8 Å². The summed E-state index contributed by atoms with van der Waals surface area (Å²) in [5.41, 5.74) is 1.25. The molecule has 1 heterocycles. The Balaban J connectivity index is 1.73. The standard InChI is InChI=1S/C18H18N4O5/c1-13-6-7-14(12-17(13)22(26)27)18(23)20-10-8-19(9-11-20)15-4-2-3-5-16(15)21(24)25/h2-7,12H,8-11H2,1H3. The van der Waals surface area contributed by atoms with Crippen LogP contribution < -0.4 is 4.90 Å². The molecule has 0 spiro atoms. The molecule has 0 aromatic heterocycles. The van der Waals surface area contributed by atoms with Gasteiger partial charge in [0.1, 0.15) is 5.69 Å². The number of hydrogen-bond acceptors (Lipinski definition) is 6. The predicted molar refractivity (Wildman–Crippen MR) is 99.0 cm³/mol. The largest absolute Gasteiger partial charge is 0.362 e. The first-order chi connectivity index (χ1) is 12.9. The second-order valence-corrected chi connectivity index (χ2v) is 6.28. The number of amides is 1. The highest BCUT2D eigenvalue weighted by Crippen LogP contribution is 2.28. The normalized spacial score (nSPS) is 14.1. The van der Waals surface area contributed by atoms with Crippen LogP contribution in [0.4, 0.5) is 17.1 Å². The molecule has 140 valence electrons. The maximum Gasteiger partial charge on any atom is 0.292 e. The SMILES string of the molecule is Cc1ccc(C(=O)N2CCN(c3ccccc3[N+](=O)[O-])CC2)cc1[N+](=O)[O-]. The van der Waals surface area contributed by atoms with Crippen molar-refractivity contribution in [2.45, 2.75) is 6.92 Å². The smallest absolute Gasteiger partial charge is 0.292 e. The number of nitro benzene ring substituents is 2. The van der Waals surface area contributed by atoms with Gasteiger partial charge in [0.15, 0.2) is 0 Å². The fourth-order valence-corrected chi connectivity index (χ4v) is 3.16. The van der Waals surface area contributed by atoms with Gasteiger partial charge in [-0.05, 0) is 19.1 Å². The average molecular weight is 370 g/mol. The monoisotopic (exact) mass is 370 g/mol. The van der Waals surface area contributed by atoms with Gasteiger partial charge >= 0.3 is 0 Å². The van der Waals surface area contributed by atoms with Crippen LogP contribution in [-0.2, 0) is 0 Å². The van der Waals surface area contributed by atoms with Gasteiger partial charge in [0, 0.05) is 49.4 Å². The summed E-state index contributed by atoms with van der Waals surface area (Å²) in [7, 11) is 0. The lowest BCUT2D eigenvalue weighted by Crippen LogP contribution is -2.49. The molecule has 0 bridgehead atoms. The van der Waals surface area contributed by atoms with Gasteiger partial charge in [-0.3, -0.25) is 25.0 Å². The number of carbonyl (C=O) groups excluding carboxylic acids is 1. The number of carbonyl (C=O) groups is 1. The molecule has 1 aliphatic heterocycles. The molecule has 0 atom stereocenters. The van der Waals surface area contributed by atoms with Gasteiger partial charge in [-0.25, -0.2) is 0 Å². The minimum atomic E-state index is -0.501. The zero-order valence-electron chi connectivity index (χ0n) is 14.7. The quantitative estimate of drug-likeness (QED) is 0.604. The molecule has 2 aromatic carbocycles. The van der Waals surface area contributed by atoms with Crippen molar-refractivity contribution in [3.63, 3.8) is 0 Å². The molecule has 1 amide bonds. The summed E-state index contributed by atoms with van der Waals surface area (Å²) >= 11 is 0. The van der Waals surface area contributed by atoms with Crippen molar-refractivity contribution >= 4 is 23.0 Å². The van der Waals surface area contributed by atoms with Crippen LogP contribution >= 0.6 is 0 Å². The summed E-state index contributed by atoms with van der Waals surface area (Å²) in [6.07, 6.45) is 0. The van der Waals surface area contributed by atoms with E-state index in [4.69, 9.17) is 0 Å². The van der Waals surface area contributed by atoms with Gasteiger partial charge in [0.05, 0.1) is 9.85 Å². The van der Waals surface area contributed by atoms with Crippen LogP contribution in [0.1, 0.15) is 15.9 Å². The van der Waals surface area contributed by atoms with Crippen LogP contribution in [0, 0.1) is 27.2 Å². The number of para-hydroxylation sites is 2. The predicted octanol–water partition coefficient (Wildman–Crippen LogP) is 2.77. The van der Waals surface area contributed by atoms with Gasteiger partial charge in [-0.15, -0.1) is 0 Å². The van der Waals surface area contributed by atoms with E-state index < -0.39 is 9.85 Å². The first-order valence-corrected chi connectivity index (χ1v) is 8.41. The summed E-state index contributed by atoms with van der Waals surface area (Å²) < 4.78 is 0. The highest BCUT2D eigenvalue weighted by atomic mass is 16.6. The molecule has 1 aliphatic rings. The number of nitro groups is 2. The second kappa shape index (κ2) is 7.40. The number of piperazine rings is 1. The molecule has 0 radical (unpaired) electrons. The second-order valence-electron chi connectivity index (χ2n) is 6.28. The molecular weight excluding hydrogens is 352 g/mol. The third-order valence-electron chi connectivity index (χ3n) is 4.64. The van der Waals surface area contributed by atoms with E-state index in [9.17, 15) is 25.0 Å². The highest BCUT2D eigenvalue weighted by molar-refractivity contribution is 5.95. The van der Waals surface area contributed by atoms with Gasteiger partial charge in [0.25, 0.3) is 17.3 Å². The molecular formula is C18H18N4O5. The van der Waals surface area contributed by atoms with E-state index in [1.54, 1.807) is 42.2 Å². The highest BCUT2D eigenvalue weighted by Gasteiger charge is 2.27. The zero-order valence-corrected chi connectivity index (χ0v) is 14.7. The van der Waals surface area contributed by atoms with Gasteiger partial charge in [0.2, 0.25) is 0 Å². The average Bonchev–Trinajstić information content (AvgIpc) is 2.67. The van der Waals surface area contributed by atoms with Crippen LogP contribution in [0.15, 0.2) is 42.5 Å². The number of hydrogen-bond donors (Lipinski definition) is 0. The van der Waals surface area contributed by atoms with E-state index in [-0.39, 0.29) is 22.8 Å². The van der Waals surface area contributed by atoms with Crippen molar-refractivity contribution in [3.8, 4) is 0 Å². The third-order valence-corrected chi connectivity index (χ3v) is 4.64. The first-order valence-electron chi connectivity index (χ1n) is 8.41. The van der Waals surface area contributed by atoms with E-state index in [0.29, 0.717) is 37.4 Å². The number of anilines is 1. The first kappa shape index (κ1) is 18.3.